The van der Waals surface area contributed by atoms with Crippen molar-refractivity contribution in [2.75, 3.05) is 73.6 Å². The molecule has 26 heavy (non-hydrogen) atoms. The van der Waals surface area contributed by atoms with Crippen LogP contribution in [0.25, 0.3) is 0 Å². The molecule has 1 aromatic rings. The van der Waals surface area contributed by atoms with Crippen molar-refractivity contribution < 1.29 is 5.11 Å². The van der Waals surface area contributed by atoms with E-state index in [2.05, 4.69) is 26.5 Å². The van der Waals surface area contributed by atoms with Crippen LogP contribution >= 0.6 is 0 Å². The Balaban J connectivity index is 1.62. The second kappa shape index (κ2) is 7.86. The van der Waals surface area contributed by atoms with Crippen molar-refractivity contribution in [2.24, 2.45) is 0 Å². The highest BCUT2D eigenvalue weighted by atomic mass is 16.3. The van der Waals surface area contributed by atoms with E-state index in [1.165, 1.54) is 32.1 Å². The van der Waals surface area contributed by atoms with E-state index in [9.17, 15) is 5.11 Å². The monoisotopic (exact) mass is 360 g/mol. The molecule has 0 aromatic carbocycles. The highest BCUT2D eigenvalue weighted by Gasteiger charge is 2.28. The number of aromatic hydroxyl groups is 1. The molecular weight excluding hydrogens is 328 g/mol. The Morgan fingerprint density at radius 3 is 1.77 bits per heavy atom. The summed E-state index contributed by atoms with van der Waals surface area (Å²) < 4.78 is 0. The zero-order valence-electron chi connectivity index (χ0n) is 16.0. The minimum atomic E-state index is 0.277. The van der Waals surface area contributed by atoms with Gasteiger partial charge in [-0.2, -0.15) is 9.97 Å². The van der Waals surface area contributed by atoms with Crippen LogP contribution in [0.3, 0.4) is 0 Å². The SMILES string of the molecule is CCCN1CCN(c2nc(N3CCCC3)nc(N3CCCC3)c2O)CC1. The zero-order valence-corrected chi connectivity index (χ0v) is 16.0. The van der Waals surface area contributed by atoms with Gasteiger partial charge in [0.2, 0.25) is 11.7 Å². The van der Waals surface area contributed by atoms with Gasteiger partial charge in [-0.1, -0.05) is 6.92 Å². The molecule has 7 heteroatoms. The molecular formula is C19H32N6O. The van der Waals surface area contributed by atoms with Crippen LogP contribution in [-0.4, -0.2) is 78.9 Å². The van der Waals surface area contributed by atoms with E-state index in [1.54, 1.807) is 0 Å². The summed E-state index contributed by atoms with van der Waals surface area (Å²) in [5.41, 5.74) is 0. The van der Waals surface area contributed by atoms with Crippen LogP contribution in [0.4, 0.5) is 17.6 Å². The van der Waals surface area contributed by atoms with E-state index in [0.717, 1.165) is 76.5 Å². The van der Waals surface area contributed by atoms with Crippen molar-refractivity contribution in [1.82, 2.24) is 14.9 Å². The molecule has 4 heterocycles. The van der Waals surface area contributed by atoms with E-state index < -0.39 is 0 Å². The van der Waals surface area contributed by atoms with Crippen molar-refractivity contribution in [3.8, 4) is 5.75 Å². The summed E-state index contributed by atoms with van der Waals surface area (Å²) in [7, 11) is 0. The molecule has 0 bridgehead atoms. The van der Waals surface area contributed by atoms with Crippen molar-refractivity contribution in [1.29, 1.82) is 0 Å². The molecule has 0 aliphatic carbocycles. The van der Waals surface area contributed by atoms with E-state index in [1.807, 2.05) is 0 Å². The molecule has 3 aliphatic heterocycles. The zero-order chi connectivity index (χ0) is 17.9. The van der Waals surface area contributed by atoms with Gasteiger partial charge in [-0.05, 0) is 38.6 Å². The lowest BCUT2D eigenvalue weighted by Crippen LogP contribution is -2.47. The maximum Gasteiger partial charge on any atom is 0.229 e. The lowest BCUT2D eigenvalue weighted by atomic mass is 10.2. The van der Waals surface area contributed by atoms with Crippen molar-refractivity contribution >= 4 is 17.6 Å². The molecule has 144 valence electrons. The molecule has 0 atom stereocenters. The maximum absolute atomic E-state index is 11.0. The summed E-state index contributed by atoms with van der Waals surface area (Å²) >= 11 is 0. The topological polar surface area (TPSA) is 59.0 Å². The Morgan fingerprint density at radius 2 is 1.23 bits per heavy atom. The second-order valence-electron chi connectivity index (χ2n) is 7.74. The van der Waals surface area contributed by atoms with Gasteiger partial charge in [-0.3, -0.25) is 4.90 Å². The maximum atomic E-state index is 11.0. The molecule has 0 unspecified atom stereocenters. The van der Waals surface area contributed by atoms with Crippen molar-refractivity contribution in [3.63, 3.8) is 0 Å². The van der Waals surface area contributed by atoms with E-state index in [0.29, 0.717) is 0 Å². The van der Waals surface area contributed by atoms with Gasteiger partial charge < -0.3 is 19.8 Å². The Labute approximate surface area is 156 Å². The quantitative estimate of drug-likeness (QED) is 0.861. The van der Waals surface area contributed by atoms with Gasteiger partial charge in [0.05, 0.1) is 0 Å². The van der Waals surface area contributed by atoms with Crippen LogP contribution in [-0.2, 0) is 0 Å². The highest BCUT2D eigenvalue weighted by molar-refractivity contribution is 5.68. The molecule has 0 amide bonds. The summed E-state index contributed by atoms with van der Waals surface area (Å²) in [6, 6.07) is 0. The molecule has 0 radical (unpaired) electrons. The third-order valence-electron chi connectivity index (χ3n) is 5.84. The van der Waals surface area contributed by atoms with Crippen LogP contribution in [0.15, 0.2) is 0 Å². The fourth-order valence-corrected chi connectivity index (χ4v) is 4.35. The largest absolute Gasteiger partial charge is 0.502 e. The van der Waals surface area contributed by atoms with E-state index in [4.69, 9.17) is 9.97 Å². The van der Waals surface area contributed by atoms with Gasteiger partial charge >= 0.3 is 0 Å². The van der Waals surface area contributed by atoms with Gasteiger partial charge in [-0.25, -0.2) is 0 Å². The molecule has 3 saturated heterocycles. The van der Waals surface area contributed by atoms with E-state index >= 15 is 0 Å². The number of aromatic nitrogens is 2. The summed E-state index contributed by atoms with van der Waals surface area (Å²) in [5, 5.41) is 11.0. The number of rotatable bonds is 5. The summed E-state index contributed by atoms with van der Waals surface area (Å²) in [6.07, 6.45) is 5.95. The third kappa shape index (κ3) is 3.54. The molecule has 4 rings (SSSR count). The summed E-state index contributed by atoms with van der Waals surface area (Å²) in [6.45, 7) is 11.3. The lowest BCUT2D eigenvalue weighted by molar-refractivity contribution is 0.257. The first-order valence-electron chi connectivity index (χ1n) is 10.3. The normalized spacial score (nSPS) is 21.8. The fraction of sp³-hybridized carbons (Fsp3) is 0.789. The fourth-order valence-electron chi connectivity index (χ4n) is 4.35. The standard InChI is InChI=1S/C19H32N6O/c1-2-7-22-12-14-24(15-13-22)18-16(26)17(23-8-3-4-9-23)20-19(21-18)25-10-5-6-11-25/h26H,2-15H2,1H3. The van der Waals surface area contributed by atoms with Crippen molar-refractivity contribution in [3.05, 3.63) is 0 Å². The number of hydrogen-bond donors (Lipinski definition) is 1. The third-order valence-corrected chi connectivity index (χ3v) is 5.84. The Bertz CT molecular complexity index is 604. The second-order valence-corrected chi connectivity index (χ2v) is 7.74. The van der Waals surface area contributed by atoms with E-state index in [-0.39, 0.29) is 5.75 Å². The van der Waals surface area contributed by atoms with Crippen LogP contribution in [0.5, 0.6) is 5.75 Å². The Hall–Kier alpha value is -1.76. The van der Waals surface area contributed by atoms with Crippen LogP contribution < -0.4 is 14.7 Å². The van der Waals surface area contributed by atoms with Gasteiger partial charge in [0, 0.05) is 52.4 Å². The predicted octanol–water partition coefficient (Wildman–Crippen LogP) is 1.91. The minimum Gasteiger partial charge on any atom is -0.502 e. The van der Waals surface area contributed by atoms with Gasteiger partial charge in [-0.15, -0.1) is 0 Å². The van der Waals surface area contributed by atoms with Gasteiger partial charge in [0.1, 0.15) is 0 Å². The minimum absolute atomic E-state index is 0.277. The molecule has 3 fully saturated rings. The first kappa shape index (κ1) is 17.6. The smallest absolute Gasteiger partial charge is 0.229 e. The molecule has 0 spiro atoms. The summed E-state index contributed by atoms with van der Waals surface area (Å²) in [5.74, 6) is 2.55. The number of nitrogens with zero attached hydrogens (tertiary/aromatic N) is 6. The predicted molar refractivity (Wildman–Crippen MR) is 106 cm³/mol. The Kier molecular flexibility index (Phi) is 5.33. The van der Waals surface area contributed by atoms with Gasteiger partial charge in [0.25, 0.3) is 0 Å². The average Bonchev–Trinajstić information content (AvgIpc) is 3.37. The van der Waals surface area contributed by atoms with Crippen LogP contribution in [0.2, 0.25) is 0 Å². The lowest BCUT2D eigenvalue weighted by Gasteiger charge is -2.36. The summed E-state index contributed by atoms with van der Waals surface area (Å²) in [4.78, 5) is 18.9. The van der Waals surface area contributed by atoms with Crippen molar-refractivity contribution in [2.45, 2.75) is 39.0 Å². The first-order valence-corrected chi connectivity index (χ1v) is 10.3. The van der Waals surface area contributed by atoms with Crippen LogP contribution in [0.1, 0.15) is 39.0 Å². The first-order chi connectivity index (χ1) is 12.8. The highest BCUT2D eigenvalue weighted by Crippen LogP contribution is 2.38. The Morgan fingerprint density at radius 1 is 0.731 bits per heavy atom. The molecule has 1 N–H and O–H groups in total. The van der Waals surface area contributed by atoms with Crippen LogP contribution in [0, 0.1) is 0 Å². The molecule has 7 nitrogen and oxygen atoms in total. The molecule has 3 aliphatic rings. The van der Waals surface area contributed by atoms with Gasteiger partial charge in [0.15, 0.2) is 11.6 Å². The number of hydrogen-bond acceptors (Lipinski definition) is 7. The number of piperazine rings is 1. The molecule has 1 aromatic heterocycles. The molecule has 0 saturated carbocycles. The average molecular weight is 361 g/mol. The number of anilines is 3.